The van der Waals surface area contributed by atoms with E-state index in [9.17, 15) is 9.90 Å². The van der Waals surface area contributed by atoms with Gasteiger partial charge in [-0.1, -0.05) is 24.3 Å². The van der Waals surface area contributed by atoms with Crippen LogP contribution in [-0.4, -0.2) is 48.9 Å². The lowest BCUT2D eigenvalue weighted by atomic mass is 9.89. The average Bonchev–Trinajstić information content (AvgIpc) is 2.53. The summed E-state index contributed by atoms with van der Waals surface area (Å²) in [5.74, 6) is 0. The van der Waals surface area contributed by atoms with Crippen LogP contribution in [0.15, 0.2) is 24.3 Å². The molecule has 0 radical (unpaired) electrons. The molecule has 5 nitrogen and oxygen atoms in total. The van der Waals surface area contributed by atoms with Crippen molar-refractivity contribution in [2.24, 2.45) is 0 Å². The van der Waals surface area contributed by atoms with Crippen molar-refractivity contribution in [2.45, 2.75) is 44.8 Å². The number of aliphatic hydroxyl groups is 1. The number of carbonyl (C=O) groups is 1. The highest BCUT2D eigenvalue weighted by Crippen LogP contribution is 2.32. The predicted molar refractivity (Wildman–Crippen MR) is 90.4 cm³/mol. The van der Waals surface area contributed by atoms with Crippen molar-refractivity contribution in [1.29, 1.82) is 0 Å². The number of rotatable bonds is 7. The van der Waals surface area contributed by atoms with Crippen LogP contribution < -0.4 is 5.32 Å². The van der Waals surface area contributed by atoms with Crippen LogP contribution in [0, 0.1) is 0 Å². The lowest BCUT2D eigenvalue weighted by Crippen LogP contribution is -2.41. The number of aliphatic hydroxyl groups excluding tert-OH is 1. The number of benzene rings is 1. The monoisotopic (exact) mass is 320 g/mol. The Morgan fingerprint density at radius 2 is 2.26 bits per heavy atom. The highest BCUT2D eigenvalue weighted by atomic mass is 16.5. The summed E-state index contributed by atoms with van der Waals surface area (Å²) in [6.45, 7) is 3.22. The topological polar surface area (TPSA) is 61.8 Å². The van der Waals surface area contributed by atoms with Gasteiger partial charge in [-0.3, -0.25) is 0 Å². The average molecular weight is 320 g/mol. The molecule has 0 spiro atoms. The van der Waals surface area contributed by atoms with E-state index in [1.165, 1.54) is 22.4 Å². The van der Waals surface area contributed by atoms with E-state index in [1.807, 2.05) is 0 Å². The first-order valence-corrected chi connectivity index (χ1v) is 8.44. The smallest absolute Gasteiger partial charge is 0.317 e. The molecule has 0 bridgehead atoms. The minimum absolute atomic E-state index is 0.158. The van der Waals surface area contributed by atoms with Gasteiger partial charge in [0.25, 0.3) is 0 Å². The maximum atomic E-state index is 11.8. The maximum absolute atomic E-state index is 11.8. The molecule has 2 N–H and O–H groups in total. The van der Waals surface area contributed by atoms with Gasteiger partial charge in [0.1, 0.15) is 0 Å². The molecule has 0 fully saturated rings. The number of urea groups is 1. The number of amides is 2. The van der Waals surface area contributed by atoms with Crippen LogP contribution in [0.25, 0.3) is 0 Å². The third-order valence-electron chi connectivity index (χ3n) is 4.12. The van der Waals surface area contributed by atoms with Crippen LogP contribution in [0.2, 0.25) is 0 Å². The zero-order valence-electron chi connectivity index (χ0n) is 14.1. The number of likely N-dealkylation sites (N-methyl/N-ethyl adjacent to an activating group) is 1. The zero-order valence-corrected chi connectivity index (χ0v) is 14.1. The van der Waals surface area contributed by atoms with Crippen molar-refractivity contribution in [2.75, 3.05) is 26.7 Å². The quantitative estimate of drug-likeness (QED) is 0.759. The second-order valence-electron chi connectivity index (χ2n) is 6.27. The van der Waals surface area contributed by atoms with Crippen molar-refractivity contribution < 1.29 is 14.6 Å². The van der Waals surface area contributed by atoms with Gasteiger partial charge in [-0.2, -0.15) is 0 Å². The summed E-state index contributed by atoms with van der Waals surface area (Å²) in [6.07, 6.45) is 3.84. The van der Waals surface area contributed by atoms with Crippen LogP contribution in [0.5, 0.6) is 0 Å². The van der Waals surface area contributed by atoms with Crippen molar-refractivity contribution in [1.82, 2.24) is 10.2 Å². The largest absolute Gasteiger partial charge is 0.392 e. The second kappa shape index (κ2) is 8.89. The predicted octanol–water partition coefficient (Wildman–Crippen LogP) is 2.49. The first kappa shape index (κ1) is 17.8. The fourth-order valence-electron chi connectivity index (χ4n) is 2.99. The van der Waals surface area contributed by atoms with Gasteiger partial charge in [-0.15, -0.1) is 0 Å². The summed E-state index contributed by atoms with van der Waals surface area (Å²) in [7, 11) is 1.68. The van der Waals surface area contributed by atoms with E-state index in [0.29, 0.717) is 19.7 Å². The molecular weight excluding hydrogens is 292 g/mol. The SMILES string of the molecule is CC(O)CN(C)C(=O)NCCCOC1CCCc2ccccc21. The van der Waals surface area contributed by atoms with Crippen LogP contribution in [0.4, 0.5) is 4.79 Å². The standard InChI is InChI=1S/C18H28N2O3/c1-14(21)13-20(2)18(22)19-11-6-12-23-17-10-5-8-15-7-3-4-9-16(15)17/h3-4,7,9,14,17,21H,5-6,8,10-13H2,1-2H3,(H,19,22). The second-order valence-corrected chi connectivity index (χ2v) is 6.27. The maximum Gasteiger partial charge on any atom is 0.317 e. The molecule has 128 valence electrons. The molecule has 2 rings (SSSR count). The number of nitrogens with one attached hydrogen (secondary N) is 1. The van der Waals surface area contributed by atoms with E-state index in [2.05, 4.69) is 29.6 Å². The molecule has 1 aliphatic carbocycles. The molecule has 5 heteroatoms. The number of hydrogen-bond donors (Lipinski definition) is 2. The van der Waals surface area contributed by atoms with Crippen molar-refractivity contribution in [3.63, 3.8) is 0 Å². The molecule has 2 atom stereocenters. The number of fused-ring (bicyclic) bond motifs is 1. The molecule has 2 unspecified atom stereocenters. The number of nitrogens with zero attached hydrogens (tertiary/aromatic N) is 1. The van der Waals surface area contributed by atoms with Gasteiger partial charge in [0.05, 0.1) is 12.2 Å². The Hall–Kier alpha value is -1.59. The minimum atomic E-state index is -0.513. The van der Waals surface area contributed by atoms with E-state index < -0.39 is 6.10 Å². The molecule has 2 amide bonds. The molecule has 1 aromatic carbocycles. The number of ether oxygens (including phenoxy) is 1. The lowest BCUT2D eigenvalue weighted by molar-refractivity contribution is 0.0395. The molecule has 0 aliphatic heterocycles. The van der Waals surface area contributed by atoms with Crippen LogP contribution in [0.3, 0.4) is 0 Å². The first-order chi connectivity index (χ1) is 11.1. The number of aryl methyl sites for hydroxylation is 1. The van der Waals surface area contributed by atoms with Gasteiger partial charge in [0, 0.05) is 26.7 Å². The van der Waals surface area contributed by atoms with E-state index >= 15 is 0 Å². The Balaban J connectivity index is 1.66. The first-order valence-electron chi connectivity index (χ1n) is 8.44. The van der Waals surface area contributed by atoms with E-state index in [0.717, 1.165) is 19.3 Å². The lowest BCUT2D eigenvalue weighted by Gasteiger charge is -2.25. The van der Waals surface area contributed by atoms with Gasteiger partial charge in [0.2, 0.25) is 0 Å². The summed E-state index contributed by atoms with van der Waals surface area (Å²) < 4.78 is 6.01. The summed E-state index contributed by atoms with van der Waals surface area (Å²) in [4.78, 5) is 13.3. The molecule has 0 heterocycles. The fourth-order valence-corrected chi connectivity index (χ4v) is 2.99. The molecule has 0 aromatic heterocycles. The van der Waals surface area contributed by atoms with Gasteiger partial charge in [-0.05, 0) is 43.7 Å². The van der Waals surface area contributed by atoms with Crippen LogP contribution in [0.1, 0.15) is 43.4 Å². The normalized spacial score (nSPS) is 18.1. The molecular formula is C18H28N2O3. The van der Waals surface area contributed by atoms with Crippen LogP contribution in [-0.2, 0) is 11.2 Å². The van der Waals surface area contributed by atoms with E-state index in [-0.39, 0.29) is 12.1 Å². The highest BCUT2D eigenvalue weighted by Gasteiger charge is 2.19. The van der Waals surface area contributed by atoms with Gasteiger partial charge >= 0.3 is 6.03 Å². The third-order valence-corrected chi connectivity index (χ3v) is 4.12. The van der Waals surface area contributed by atoms with Crippen molar-refractivity contribution in [3.8, 4) is 0 Å². The van der Waals surface area contributed by atoms with Gasteiger partial charge < -0.3 is 20.1 Å². The zero-order chi connectivity index (χ0) is 16.7. The van der Waals surface area contributed by atoms with Crippen molar-refractivity contribution in [3.05, 3.63) is 35.4 Å². The Labute approximate surface area is 138 Å². The summed E-state index contributed by atoms with van der Waals surface area (Å²) in [5, 5.41) is 12.1. The molecule has 23 heavy (non-hydrogen) atoms. The Morgan fingerprint density at radius 3 is 3.04 bits per heavy atom. The van der Waals surface area contributed by atoms with Gasteiger partial charge in [0.15, 0.2) is 0 Å². The van der Waals surface area contributed by atoms with Gasteiger partial charge in [-0.25, -0.2) is 4.79 Å². The molecule has 0 saturated carbocycles. The van der Waals surface area contributed by atoms with Crippen LogP contribution >= 0.6 is 0 Å². The summed E-state index contributed by atoms with van der Waals surface area (Å²) >= 11 is 0. The Morgan fingerprint density at radius 1 is 1.48 bits per heavy atom. The third kappa shape index (κ3) is 5.52. The minimum Gasteiger partial charge on any atom is -0.392 e. The Kier molecular flexibility index (Phi) is 6.86. The molecule has 1 aromatic rings. The number of hydrogen-bond acceptors (Lipinski definition) is 3. The highest BCUT2D eigenvalue weighted by molar-refractivity contribution is 5.73. The molecule has 1 aliphatic rings. The Bertz CT molecular complexity index is 505. The number of carbonyl (C=O) groups excluding carboxylic acids is 1. The van der Waals surface area contributed by atoms with E-state index in [1.54, 1.807) is 14.0 Å². The summed E-state index contributed by atoms with van der Waals surface area (Å²) in [6, 6.07) is 8.34. The fraction of sp³-hybridized carbons (Fsp3) is 0.611. The molecule has 0 saturated heterocycles. The van der Waals surface area contributed by atoms with Crippen molar-refractivity contribution >= 4 is 6.03 Å². The van der Waals surface area contributed by atoms with E-state index in [4.69, 9.17) is 4.74 Å². The summed E-state index contributed by atoms with van der Waals surface area (Å²) in [5.41, 5.74) is 2.72.